The zero-order chi connectivity index (χ0) is 8.36. The molecule has 0 aromatic carbocycles. The summed E-state index contributed by atoms with van der Waals surface area (Å²) >= 11 is 0. The molecule has 0 saturated carbocycles. The minimum Gasteiger partial charge on any atom is -0.502 e. The van der Waals surface area contributed by atoms with Crippen LogP contribution in [0.5, 0.6) is 0 Å². The Balaban J connectivity index is 2.80. The molecule has 0 radical (unpaired) electrons. The van der Waals surface area contributed by atoms with Crippen LogP contribution in [-0.4, -0.2) is 19.7 Å². The Morgan fingerprint density at radius 3 is 3.00 bits per heavy atom. The normalized spacial score (nSPS) is 8.64. The molecule has 0 aromatic rings. The maximum Gasteiger partial charge on any atom is 0.0885 e. The van der Waals surface area contributed by atoms with Crippen LogP contribution in [0, 0.1) is 11.3 Å². The van der Waals surface area contributed by atoms with Crippen LogP contribution < -0.4 is 5.32 Å². The van der Waals surface area contributed by atoms with Gasteiger partial charge in [-0.3, -0.25) is 0 Å². The molecule has 0 rings (SSSR count). The van der Waals surface area contributed by atoms with Crippen molar-refractivity contribution in [2.45, 2.75) is 12.8 Å². The second-order valence-electron chi connectivity index (χ2n) is 2.05. The molecule has 1 N–H and O–H groups in total. The van der Waals surface area contributed by atoms with Crippen LogP contribution in [0.4, 0.5) is 0 Å². The molecule has 0 aromatic heterocycles. The summed E-state index contributed by atoms with van der Waals surface area (Å²) in [6.07, 6.45) is 2.97. The highest BCUT2D eigenvalue weighted by atomic mass is 16.5. The molecule has 0 unspecified atom stereocenters. The van der Waals surface area contributed by atoms with Crippen molar-refractivity contribution in [1.82, 2.24) is 5.32 Å². The number of nitrogens with one attached hydrogen (secondary N) is 1. The molecule has 0 saturated heterocycles. The lowest BCUT2D eigenvalue weighted by molar-refractivity contribution is 0.245. The molecule has 0 aliphatic carbocycles. The summed E-state index contributed by atoms with van der Waals surface area (Å²) in [5.41, 5.74) is 0. The fraction of sp³-hybridized carbons (Fsp3) is 0.625. The van der Waals surface area contributed by atoms with Crippen LogP contribution in [0.2, 0.25) is 0 Å². The van der Waals surface area contributed by atoms with Gasteiger partial charge in [-0.2, -0.15) is 5.26 Å². The molecule has 0 amide bonds. The molecule has 0 bridgehead atoms. The van der Waals surface area contributed by atoms with E-state index in [4.69, 9.17) is 10.00 Å². The van der Waals surface area contributed by atoms with Crippen molar-refractivity contribution in [3.63, 3.8) is 0 Å². The molecular weight excluding hydrogens is 140 g/mol. The molecule has 3 heteroatoms. The van der Waals surface area contributed by atoms with E-state index in [1.165, 1.54) is 6.26 Å². The van der Waals surface area contributed by atoms with E-state index < -0.39 is 0 Å². The van der Waals surface area contributed by atoms with Gasteiger partial charge in [-0.05, 0) is 13.0 Å². The summed E-state index contributed by atoms with van der Waals surface area (Å²) in [4.78, 5) is 0. The van der Waals surface area contributed by atoms with Gasteiger partial charge in [0.15, 0.2) is 0 Å². The maximum atomic E-state index is 8.18. The van der Waals surface area contributed by atoms with Crippen LogP contribution in [0.1, 0.15) is 12.8 Å². The highest BCUT2D eigenvalue weighted by Gasteiger charge is 1.86. The van der Waals surface area contributed by atoms with Gasteiger partial charge < -0.3 is 10.1 Å². The third kappa shape index (κ3) is 8.99. The molecular formula is C8H14N2O. The zero-order valence-corrected chi connectivity index (χ0v) is 6.68. The molecule has 0 atom stereocenters. The number of nitriles is 1. The van der Waals surface area contributed by atoms with Crippen molar-refractivity contribution >= 4 is 0 Å². The number of rotatable bonds is 7. The molecule has 0 fully saturated rings. The molecule has 0 spiro atoms. The highest BCUT2D eigenvalue weighted by molar-refractivity contribution is 4.69. The van der Waals surface area contributed by atoms with Gasteiger partial charge in [0.05, 0.1) is 18.9 Å². The minimum atomic E-state index is 0.572. The van der Waals surface area contributed by atoms with E-state index in [1.807, 2.05) is 0 Å². The fourth-order valence-electron chi connectivity index (χ4n) is 0.633. The maximum absolute atomic E-state index is 8.18. The first kappa shape index (κ1) is 9.99. The molecule has 0 aliphatic rings. The Kier molecular flexibility index (Phi) is 8.16. The highest BCUT2D eigenvalue weighted by Crippen LogP contribution is 1.80. The van der Waals surface area contributed by atoms with Gasteiger partial charge in [-0.1, -0.05) is 6.58 Å². The van der Waals surface area contributed by atoms with Gasteiger partial charge >= 0.3 is 0 Å². The lowest BCUT2D eigenvalue weighted by atomic mass is 10.4. The Bertz CT molecular complexity index is 129. The van der Waals surface area contributed by atoms with Crippen LogP contribution in [0.15, 0.2) is 12.8 Å². The van der Waals surface area contributed by atoms with E-state index in [0.717, 1.165) is 19.5 Å². The topological polar surface area (TPSA) is 45.0 Å². The van der Waals surface area contributed by atoms with Crippen LogP contribution in [0.3, 0.4) is 0 Å². The number of ether oxygens (including phenoxy) is 1. The summed E-state index contributed by atoms with van der Waals surface area (Å²) in [7, 11) is 0. The third-order valence-electron chi connectivity index (χ3n) is 1.15. The van der Waals surface area contributed by atoms with Crippen molar-refractivity contribution < 1.29 is 4.74 Å². The van der Waals surface area contributed by atoms with E-state index in [2.05, 4.69) is 18.0 Å². The minimum absolute atomic E-state index is 0.572. The average molecular weight is 154 g/mol. The van der Waals surface area contributed by atoms with Crippen LogP contribution in [-0.2, 0) is 4.74 Å². The summed E-state index contributed by atoms with van der Waals surface area (Å²) in [6.45, 7) is 5.79. The Morgan fingerprint density at radius 1 is 1.55 bits per heavy atom. The largest absolute Gasteiger partial charge is 0.502 e. The van der Waals surface area contributed by atoms with Crippen molar-refractivity contribution in [1.29, 1.82) is 5.26 Å². The smallest absolute Gasteiger partial charge is 0.0885 e. The first-order chi connectivity index (χ1) is 5.41. The van der Waals surface area contributed by atoms with Crippen LogP contribution >= 0.6 is 0 Å². The zero-order valence-electron chi connectivity index (χ0n) is 6.68. The van der Waals surface area contributed by atoms with E-state index in [-0.39, 0.29) is 0 Å². The van der Waals surface area contributed by atoms with E-state index in [0.29, 0.717) is 13.0 Å². The SMILES string of the molecule is C=COCCCNCCC#N. The molecule has 3 nitrogen and oxygen atoms in total. The quantitative estimate of drug-likeness (QED) is 0.440. The predicted octanol–water partition coefficient (Wildman–Crippen LogP) is 1.04. The predicted molar refractivity (Wildman–Crippen MR) is 43.9 cm³/mol. The Hall–Kier alpha value is -1.01. The van der Waals surface area contributed by atoms with E-state index in [9.17, 15) is 0 Å². The van der Waals surface area contributed by atoms with Gasteiger partial charge in [0.2, 0.25) is 0 Å². The number of nitrogens with zero attached hydrogens (tertiary/aromatic N) is 1. The summed E-state index contributed by atoms with van der Waals surface area (Å²) < 4.78 is 4.90. The standard InChI is InChI=1S/C8H14N2O/c1-2-11-8-4-7-10-6-3-5-9/h2,10H,1,3-4,6-8H2. The first-order valence-electron chi connectivity index (χ1n) is 3.72. The van der Waals surface area contributed by atoms with Crippen molar-refractivity contribution in [3.05, 3.63) is 12.8 Å². The van der Waals surface area contributed by atoms with Gasteiger partial charge in [0, 0.05) is 13.0 Å². The van der Waals surface area contributed by atoms with E-state index in [1.54, 1.807) is 0 Å². The lowest BCUT2D eigenvalue weighted by Crippen LogP contribution is -2.17. The average Bonchev–Trinajstić information content (AvgIpc) is 2.03. The monoisotopic (exact) mass is 154 g/mol. The molecule has 0 aliphatic heterocycles. The second-order valence-corrected chi connectivity index (χ2v) is 2.05. The van der Waals surface area contributed by atoms with Crippen molar-refractivity contribution in [3.8, 4) is 6.07 Å². The fourth-order valence-corrected chi connectivity index (χ4v) is 0.633. The Morgan fingerprint density at radius 2 is 2.36 bits per heavy atom. The van der Waals surface area contributed by atoms with Crippen molar-refractivity contribution in [2.75, 3.05) is 19.7 Å². The lowest BCUT2D eigenvalue weighted by Gasteiger charge is -2.01. The summed E-state index contributed by atoms with van der Waals surface area (Å²) in [5.74, 6) is 0. The van der Waals surface area contributed by atoms with Crippen LogP contribution in [0.25, 0.3) is 0 Å². The summed E-state index contributed by atoms with van der Waals surface area (Å²) in [6, 6.07) is 2.06. The van der Waals surface area contributed by atoms with Gasteiger partial charge in [-0.25, -0.2) is 0 Å². The van der Waals surface area contributed by atoms with Gasteiger partial charge in [-0.15, -0.1) is 0 Å². The third-order valence-corrected chi connectivity index (χ3v) is 1.15. The number of hydrogen-bond acceptors (Lipinski definition) is 3. The Labute approximate surface area is 67.7 Å². The van der Waals surface area contributed by atoms with E-state index >= 15 is 0 Å². The number of hydrogen-bond donors (Lipinski definition) is 1. The summed E-state index contributed by atoms with van der Waals surface area (Å²) in [5, 5.41) is 11.3. The first-order valence-corrected chi connectivity index (χ1v) is 3.72. The second kappa shape index (κ2) is 8.99. The van der Waals surface area contributed by atoms with Gasteiger partial charge in [0.1, 0.15) is 0 Å². The molecule has 11 heavy (non-hydrogen) atoms. The van der Waals surface area contributed by atoms with Gasteiger partial charge in [0.25, 0.3) is 0 Å². The molecule has 62 valence electrons. The van der Waals surface area contributed by atoms with Crippen molar-refractivity contribution in [2.24, 2.45) is 0 Å². The molecule has 0 heterocycles.